The molecule has 1 aliphatic rings. The van der Waals surface area contributed by atoms with Gasteiger partial charge in [0.1, 0.15) is 0 Å². The summed E-state index contributed by atoms with van der Waals surface area (Å²) in [4.78, 5) is 0. The molecule has 1 saturated carbocycles. The monoisotopic (exact) mass is 154 g/mol. The van der Waals surface area contributed by atoms with Gasteiger partial charge in [-0.1, -0.05) is 19.4 Å². The van der Waals surface area contributed by atoms with Crippen LogP contribution in [-0.2, 0) is 0 Å². The van der Waals surface area contributed by atoms with Gasteiger partial charge in [-0.15, -0.1) is 6.58 Å². The average molecular weight is 154 g/mol. The first-order valence-corrected chi connectivity index (χ1v) is 4.25. The summed E-state index contributed by atoms with van der Waals surface area (Å²) in [7, 11) is 0. The molecule has 1 aliphatic carbocycles. The number of aliphatic hydroxyl groups is 1. The van der Waals surface area contributed by atoms with Gasteiger partial charge in [0.05, 0.1) is 0 Å². The molecule has 1 nitrogen and oxygen atoms in total. The third kappa shape index (κ3) is 1.48. The number of rotatable bonds is 3. The van der Waals surface area contributed by atoms with Crippen LogP contribution in [0.15, 0.2) is 12.2 Å². The fraction of sp³-hybridized carbons (Fsp3) is 0.800. The molecule has 0 aromatic carbocycles. The second-order valence-corrected chi connectivity index (χ2v) is 4.38. The van der Waals surface area contributed by atoms with Crippen molar-refractivity contribution in [2.45, 2.75) is 27.2 Å². The maximum atomic E-state index is 9.00. The van der Waals surface area contributed by atoms with Crippen LogP contribution in [-0.4, -0.2) is 11.7 Å². The maximum Gasteiger partial charge on any atom is 0.0467 e. The van der Waals surface area contributed by atoms with Crippen LogP contribution in [0, 0.1) is 17.3 Å². The lowest BCUT2D eigenvalue weighted by atomic mass is 10.1. The molecule has 1 fully saturated rings. The molecular weight excluding hydrogens is 136 g/mol. The minimum absolute atomic E-state index is 0.338. The highest BCUT2D eigenvalue weighted by Gasteiger charge is 2.56. The predicted molar refractivity (Wildman–Crippen MR) is 47.3 cm³/mol. The molecule has 0 aromatic heterocycles. The SMILES string of the molecule is C=C(C)CC1C(CO)C1(C)C. The van der Waals surface area contributed by atoms with E-state index >= 15 is 0 Å². The molecule has 11 heavy (non-hydrogen) atoms. The van der Waals surface area contributed by atoms with E-state index in [0.717, 1.165) is 6.42 Å². The van der Waals surface area contributed by atoms with Crippen LogP contribution in [0.2, 0.25) is 0 Å². The molecule has 1 rings (SSSR count). The smallest absolute Gasteiger partial charge is 0.0467 e. The van der Waals surface area contributed by atoms with E-state index in [-0.39, 0.29) is 0 Å². The van der Waals surface area contributed by atoms with Gasteiger partial charge in [0, 0.05) is 6.61 Å². The van der Waals surface area contributed by atoms with E-state index in [0.29, 0.717) is 23.9 Å². The van der Waals surface area contributed by atoms with Crippen molar-refractivity contribution < 1.29 is 5.11 Å². The normalized spacial score (nSPS) is 33.5. The summed E-state index contributed by atoms with van der Waals surface area (Å²) in [6.45, 7) is 10.7. The first kappa shape index (κ1) is 8.79. The summed E-state index contributed by atoms with van der Waals surface area (Å²) in [6, 6.07) is 0. The fourth-order valence-corrected chi connectivity index (χ4v) is 2.00. The van der Waals surface area contributed by atoms with Gasteiger partial charge >= 0.3 is 0 Å². The van der Waals surface area contributed by atoms with Crippen LogP contribution in [0.5, 0.6) is 0 Å². The van der Waals surface area contributed by atoms with E-state index in [9.17, 15) is 0 Å². The largest absolute Gasteiger partial charge is 0.396 e. The highest BCUT2D eigenvalue weighted by Crippen LogP contribution is 2.60. The van der Waals surface area contributed by atoms with Crippen molar-refractivity contribution in [1.82, 2.24) is 0 Å². The maximum absolute atomic E-state index is 9.00. The highest BCUT2D eigenvalue weighted by atomic mass is 16.3. The Balaban J connectivity index is 2.46. The van der Waals surface area contributed by atoms with Gasteiger partial charge in [0.25, 0.3) is 0 Å². The Labute approximate surface area is 69.1 Å². The van der Waals surface area contributed by atoms with E-state index in [1.54, 1.807) is 0 Å². The van der Waals surface area contributed by atoms with Gasteiger partial charge in [-0.2, -0.15) is 0 Å². The molecule has 0 spiro atoms. The van der Waals surface area contributed by atoms with Crippen molar-refractivity contribution in [3.8, 4) is 0 Å². The van der Waals surface area contributed by atoms with E-state index in [1.165, 1.54) is 5.57 Å². The second kappa shape index (κ2) is 2.63. The van der Waals surface area contributed by atoms with Crippen molar-refractivity contribution in [3.63, 3.8) is 0 Å². The quantitative estimate of drug-likeness (QED) is 0.618. The van der Waals surface area contributed by atoms with Crippen LogP contribution in [0.3, 0.4) is 0 Å². The predicted octanol–water partition coefficient (Wildman–Crippen LogP) is 2.22. The van der Waals surface area contributed by atoms with Crippen LogP contribution >= 0.6 is 0 Å². The fourth-order valence-electron chi connectivity index (χ4n) is 2.00. The van der Waals surface area contributed by atoms with Crippen molar-refractivity contribution in [3.05, 3.63) is 12.2 Å². The average Bonchev–Trinajstić information content (AvgIpc) is 2.33. The summed E-state index contributed by atoms with van der Waals surface area (Å²) in [6.07, 6.45) is 1.08. The van der Waals surface area contributed by atoms with Gasteiger partial charge in [0.15, 0.2) is 0 Å². The summed E-state index contributed by atoms with van der Waals surface area (Å²) >= 11 is 0. The highest BCUT2D eigenvalue weighted by molar-refractivity contribution is 5.09. The van der Waals surface area contributed by atoms with Crippen molar-refractivity contribution >= 4 is 0 Å². The number of aliphatic hydroxyl groups excluding tert-OH is 1. The number of hydrogen-bond donors (Lipinski definition) is 1. The Morgan fingerprint density at radius 2 is 2.00 bits per heavy atom. The molecule has 1 N–H and O–H groups in total. The molecule has 0 amide bonds. The lowest BCUT2D eigenvalue weighted by Crippen LogP contribution is -1.93. The molecule has 0 bridgehead atoms. The molecule has 2 unspecified atom stereocenters. The van der Waals surface area contributed by atoms with Crippen LogP contribution in [0.25, 0.3) is 0 Å². The summed E-state index contributed by atoms with van der Waals surface area (Å²) in [5, 5.41) is 9.00. The van der Waals surface area contributed by atoms with E-state index in [1.807, 2.05) is 0 Å². The number of hydrogen-bond acceptors (Lipinski definition) is 1. The Morgan fingerprint density at radius 1 is 1.45 bits per heavy atom. The molecule has 0 aromatic rings. The van der Waals surface area contributed by atoms with Crippen molar-refractivity contribution in [2.75, 3.05) is 6.61 Å². The van der Waals surface area contributed by atoms with Crippen LogP contribution in [0.1, 0.15) is 27.2 Å². The second-order valence-electron chi connectivity index (χ2n) is 4.38. The van der Waals surface area contributed by atoms with E-state index < -0.39 is 0 Å². The van der Waals surface area contributed by atoms with Gasteiger partial charge in [-0.25, -0.2) is 0 Å². The Kier molecular flexibility index (Phi) is 2.10. The zero-order valence-corrected chi connectivity index (χ0v) is 7.72. The summed E-state index contributed by atoms with van der Waals surface area (Å²) in [5.74, 6) is 1.18. The summed E-state index contributed by atoms with van der Waals surface area (Å²) < 4.78 is 0. The number of allylic oxidation sites excluding steroid dienone is 1. The van der Waals surface area contributed by atoms with Gasteiger partial charge in [-0.3, -0.25) is 0 Å². The molecule has 0 aliphatic heterocycles. The zero-order chi connectivity index (χ0) is 8.65. The van der Waals surface area contributed by atoms with Gasteiger partial charge < -0.3 is 5.11 Å². The third-order valence-electron chi connectivity index (χ3n) is 3.05. The Hall–Kier alpha value is -0.300. The van der Waals surface area contributed by atoms with Crippen LogP contribution < -0.4 is 0 Å². The molecule has 1 heteroatoms. The molecular formula is C10H18O. The first-order chi connectivity index (χ1) is 5.00. The standard InChI is InChI=1S/C10H18O/c1-7(2)5-8-9(6-11)10(8,3)4/h8-9,11H,1,5-6H2,2-4H3. The molecule has 0 saturated heterocycles. The minimum Gasteiger partial charge on any atom is -0.396 e. The molecule has 64 valence electrons. The molecule has 2 atom stereocenters. The van der Waals surface area contributed by atoms with Crippen molar-refractivity contribution in [2.24, 2.45) is 17.3 Å². The lowest BCUT2D eigenvalue weighted by molar-refractivity contribution is 0.255. The van der Waals surface area contributed by atoms with E-state index in [2.05, 4.69) is 27.4 Å². The molecule has 0 radical (unpaired) electrons. The minimum atomic E-state index is 0.338. The lowest BCUT2D eigenvalue weighted by Gasteiger charge is -2.00. The van der Waals surface area contributed by atoms with Gasteiger partial charge in [0.2, 0.25) is 0 Å². The van der Waals surface area contributed by atoms with E-state index in [4.69, 9.17) is 5.11 Å². The Morgan fingerprint density at radius 3 is 2.27 bits per heavy atom. The van der Waals surface area contributed by atoms with Crippen molar-refractivity contribution in [1.29, 1.82) is 0 Å². The van der Waals surface area contributed by atoms with Crippen LogP contribution in [0.4, 0.5) is 0 Å². The topological polar surface area (TPSA) is 20.2 Å². The first-order valence-electron chi connectivity index (χ1n) is 4.25. The third-order valence-corrected chi connectivity index (χ3v) is 3.05. The molecule has 0 heterocycles. The summed E-state index contributed by atoms with van der Waals surface area (Å²) in [5.41, 5.74) is 1.59. The Bertz CT molecular complexity index is 170. The zero-order valence-electron chi connectivity index (χ0n) is 7.72. The van der Waals surface area contributed by atoms with Gasteiger partial charge in [-0.05, 0) is 30.6 Å².